The van der Waals surface area contributed by atoms with E-state index in [1.165, 1.54) is 19.2 Å². The number of carboxylic acid groups (broad SMARTS) is 1. The van der Waals surface area contributed by atoms with Gasteiger partial charge in [0, 0.05) is 19.6 Å². The maximum Gasteiger partial charge on any atom is 0.416 e. The van der Waals surface area contributed by atoms with Crippen LogP contribution in [-0.4, -0.2) is 29.7 Å². The summed E-state index contributed by atoms with van der Waals surface area (Å²) in [5, 5.41) is 8.65. The number of nitrogens with two attached hydrogens (primary N) is 1. The van der Waals surface area contributed by atoms with E-state index in [1.807, 2.05) is 0 Å². The third-order valence-corrected chi connectivity index (χ3v) is 2.44. The molecule has 0 saturated heterocycles. The van der Waals surface area contributed by atoms with Gasteiger partial charge < -0.3 is 15.7 Å². The summed E-state index contributed by atoms with van der Waals surface area (Å²) in [6.45, 7) is -0.0728. The Bertz CT molecular complexity index is 440. The first-order valence-corrected chi connectivity index (χ1v) is 5.08. The van der Waals surface area contributed by atoms with Gasteiger partial charge in [-0.25, -0.2) is 4.79 Å². The van der Waals surface area contributed by atoms with E-state index in [0.717, 1.165) is 17.0 Å². The second-order valence-corrected chi connectivity index (χ2v) is 3.89. The topological polar surface area (TPSA) is 66.6 Å². The van der Waals surface area contributed by atoms with Crippen LogP contribution in [0.1, 0.15) is 17.2 Å². The van der Waals surface area contributed by atoms with Gasteiger partial charge in [0.1, 0.15) is 0 Å². The average Bonchev–Trinajstić information content (AvgIpc) is 2.27. The fourth-order valence-electron chi connectivity index (χ4n) is 1.42. The smallest absolute Gasteiger partial charge is 0.416 e. The number of amides is 1. The van der Waals surface area contributed by atoms with E-state index in [4.69, 9.17) is 10.8 Å². The van der Waals surface area contributed by atoms with Gasteiger partial charge in [-0.15, -0.1) is 12.4 Å². The monoisotopic (exact) mass is 298 g/mol. The molecular weight excluding hydrogens is 285 g/mol. The number of halogens is 4. The second kappa shape index (κ2) is 6.63. The Kier molecular flexibility index (Phi) is 6.11. The highest BCUT2D eigenvalue weighted by Crippen LogP contribution is 2.30. The highest BCUT2D eigenvalue weighted by Gasteiger charge is 2.30. The first-order valence-electron chi connectivity index (χ1n) is 5.08. The molecule has 0 aliphatic rings. The molecule has 0 heterocycles. The van der Waals surface area contributed by atoms with Crippen molar-refractivity contribution >= 4 is 18.5 Å². The highest BCUT2D eigenvalue weighted by molar-refractivity contribution is 5.85. The Morgan fingerprint density at radius 3 is 2.53 bits per heavy atom. The molecule has 0 radical (unpaired) electrons. The summed E-state index contributed by atoms with van der Waals surface area (Å²) in [7, 11) is 1.30. The lowest BCUT2D eigenvalue weighted by molar-refractivity contribution is -0.137. The maximum atomic E-state index is 12.5. The normalized spacial score (nSPS) is 12.5. The Labute approximate surface area is 114 Å². The van der Waals surface area contributed by atoms with Crippen LogP contribution >= 0.6 is 12.4 Å². The number of rotatable bonds is 3. The lowest BCUT2D eigenvalue weighted by atomic mass is 10.0. The van der Waals surface area contributed by atoms with Crippen molar-refractivity contribution in [1.82, 2.24) is 4.90 Å². The minimum atomic E-state index is -4.44. The molecule has 0 spiro atoms. The van der Waals surface area contributed by atoms with Gasteiger partial charge in [-0.05, 0) is 17.7 Å². The predicted molar refractivity (Wildman–Crippen MR) is 66.3 cm³/mol. The van der Waals surface area contributed by atoms with Crippen LogP contribution in [0.5, 0.6) is 0 Å². The van der Waals surface area contributed by atoms with E-state index < -0.39 is 23.9 Å². The number of hydrogen-bond acceptors (Lipinski definition) is 2. The lowest BCUT2D eigenvalue weighted by Gasteiger charge is -2.19. The molecule has 0 aromatic heterocycles. The van der Waals surface area contributed by atoms with Crippen molar-refractivity contribution in [1.29, 1.82) is 0 Å². The van der Waals surface area contributed by atoms with E-state index in [2.05, 4.69) is 0 Å². The van der Waals surface area contributed by atoms with Gasteiger partial charge in [-0.1, -0.05) is 12.1 Å². The van der Waals surface area contributed by atoms with Crippen LogP contribution < -0.4 is 5.73 Å². The largest absolute Gasteiger partial charge is 0.465 e. The minimum Gasteiger partial charge on any atom is -0.465 e. The van der Waals surface area contributed by atoms with Crippen molar-refractivity contribution < 1.29 is 23.1 Å². The predicted octanol–water partition coefficient (Wildman–Crippen LogP) is 2.74. The fraction of sp³-hybridized carbons (Fsp3) is 0.364. The molecule has 1 aromatic rings. The van der Waals surface area contributed by atoms with Crippen LogP contribution in [0.4, 0.5) is 18.0 Å². The molecule has 0 saturated carbocycles. The Hall–Kier alpha value is -1.47. The summed E-state index contributed by atoms with van der Waals surface area (Å²) in [6.07, 6.45) is -5.62. The lowest BCUT2D eigenvalue weighted by Crippen LogP contribution is -2.32. The highest BCUT2D eigenvalue weighted by atomic mass is 35.5. The average molecular weight is 299 g/mol. The molecule has 1 aromatic carbocycles. The van der Waals surface area contributed by atoms with Crippen LogP contribution in [0.3, 0.4) is 0 Å². The zero-order valence-electron chi connectivity index (χ0n) is 10.0. The number of nitrogens with zero attached hydrogens (tertiary/aromatic N) is 1. The van der Waals surface area contributed by atoms with Crippen molar-refractivity contribution in [2.45, 2.75) is 12.2 Å². The van der Waals surface area contributed by atoms with Crippen molar-refractivity contribution in [3.63, 3.8) is 0 Å². The number of alkyl halides is 3. The van der Waals surface area contributed by atoms with E-state index in [0.29, 0.717) is 0 Å². The summed E-state index contributed by atoms with van der Waals surface area (Å²) in [4.78, 5) is 11.5. The van der Waals surface area contributed by atoms with Crippen LogP contribution in [0.25, 0.3) is 0 Å². The molecule has 3 N–H and O–H groups in total. The third kappa shape index (κ3) is 4.96. The molecule has 1 atom stereocenters. The molecule has 4 nitrogen and oxygen atoms in total. The number of likely N-dealkylation sites (N-methyl/N-ethyl adjacent to an activating group) is 1. The molecule has 8 heteroatoms. The van der Waals surface area contributed by atoms with Crippen molar-refractivity contribution in [2.75, 3.05) is 13.6 Å². The van der Waals surface area contributed by atoms with Crippen LogP contribution in [0.15, 0.2) is 24.3 Å². The van der Waals surface area contributed by atoms with Crippen molar-refractivity contribution in [2.24, 2.45) is 5.73 Å². The summed E-state index contributed by atoms with van der Waals surface area (Å²) in [5.74, 6) is 0. The molecule has 0 bridgehead atoms. The third-order valence-electron chi connectivity index (χ3n) is 2.44. The van der Waals surface area contributed by atoms with Gasteiger partial charge in [0.05, 0.1) is 5.56 Å². The molecule has 0 aliphatic heterocycles. The minimum absolute atomic E-state index is 0. The summed E-state index contributed by atoms with van der Waals surface area (Å²) in [6, 6.07) is 3.76. The van der Waals surface area contributed by atoms with Crippen LogP contribution in [0, 0.1) is 0 Å². The quantitative estimate of drug-likeness (QED) is 0.901. The Balaban J connectivity index is 0.00000324. The van der Waals surface area contributed by atoms with Crippen LogP contribution in [-0.2, 0) is 6.18 Å². The standard InChI is InChI=1S/C11H13F3N2O2.ClH/c1-16(10(17)18)6-9(15)7-3-2-4-8(5-7)11(12,13)14;/h2-5,9H,6,15H2,1H3,(H,17,18);1H. The zero-order valence-corrected chi connectivity index (χ0v) is 10.8. The Morgan fingerprint density at radius 1 is 1.47 bits per heavy atom. The molecule has 0 aliphatic carbocycles. The van der Waals surface area contributed by atoms with Gasteiger partial charge in [0.25, 0.3) is 0 Å². The van der Waals surface area contributed by atoms with E-state index >= 15 is 0 Å². The molecule has 19 heavy (non-hydrogen) atoms. The molecule has 1 rings (SSSR count). The van der Waals surface area contributed by atoms with Gasteiger partial charge in [0.15, 0.2) is 0 Å². The fourth-order valence-corrected chi connectivity index (χ4v) is 1.42. The van der Waals surface area contributed by atoms with Crippen molar-refractivity contribution in [3.8, 4) is 0 Å². The molecule has 108 valence electrons. The molecule has 1 amide bonds. The van der Waals surface area contributed by atoms with E-state index in [1.54, 1.807) is 0 Å². The van der Waals surface area contributed by atoms with Gasteiger partial charge in [-0.2, -0.15) is 13.2 Å². The first-order chi connectivity index (χ1) is 8.21. The second-order valence-electron chi connectivity index (χ2n) is 3.89. The van der Waals surface area contributed by atoms with E-state index in [9.17, 15) is 18.0 Å². The summed E-state index contributed by atoms with van der Waals surface area (Å²) < 4.78 is 37.4. The summed E-state index contributed by atoms with van der Waals surface area (Å²) >= 11 is 0. The van der Waals surface area contributed by atoms with Gasteiger partial charge >= 0.3 is 12.3 Å². The maximum absolute atomic E-state index is 12.5. The van der Waals surface area contributed by atoms with Gasteiger partial charge in [0.2, 0.25) is 0 Å². The number of hydrogen-bond donors (Lipinski definition) is 2. The summed E-state index contributed by atoms with van der Waals surface area (Å²) in [5.41, 5.74) is 5.12. The van der Waals surface area contributed by atoms with Crippen molar-refractivity contribution in [3.05, 3.63) is 35.4 Å². The van der Waals surface area contributed by atoms with Crippen LogP contribution in [0.2, 0.25) is 0 Å². The Morgan fingerprint density at radius 2 is 2.05 bits per heavy atom. The molecular formula is C11H14ClF3N2O2. The number of benzene rings is 1. The zero-order chi connectivity index (χ0) is 13.9. The van der Waals surface area contributed by atoms with Gasteiger partial charge in [-0.3, -0.25) is 0 Å². The SMILES string of the molecule is CN(CC(N)c1cccc(C(F)(F)F)c1)C(=O)O.Cl. The molecule has 1 unspecified atom stereocenters. The van der Waals surface area contributed by atoms with E-state index in [-0.39, 0.29) is 24.5 Å². The number of carbonyl (C=O) groups is 1. The first kappa shape index (κ1) is 17.5. The molecule has 0 fully saturated rings.